The van der Waals surface area contributed by atoms with Crippen LogP contribution in [0.15, 0.2) is 28.7 Å². The Morgan fingerprint density at radius 1 is 1.38 bits per heavy atom. The number of piperidine rings is 1. The van der Waals surface area contributed by atoms with Crippen molar-refractivity contribution >= 4 is 27.8 Å². The van der Waals surface area contributed by atoms with Crippen molar-refractivity contribution in [2.24, 2.45) is 0 Å². The number of ether oxygens (including phenoxy) is 1. The summed E-state index contributed by atoms with van der Waals surface area (Å²) in [7, 11) is 1.82. The fraction of sp³-hybridized carbons (Fsp3) is 0.529. The van der Waals surface area contributed by atoms with Crippen molar-refractivity contribution in [2.75, 3.05) is 33.3 Å². The van der Waals surface area contributed by atoms with Crippen molar-refractivity contribution in [1.82, 2.24) is 9.80 Å². The summed E-state index contributed by atoms with van der Waals surface area (Å²) in [6, 6.07) is 7.76. The number of amides is 1. The highest BCUT2D eigenvalue weighted by atomic mass is 79.9. The van der Waals surface area contributed by atoms with Gasteiger partial charge in [0, 0.05) is 23.6 Å². The fourth-order valence-corrected chi connectivity index (χ4v) is 3.25. The Bertz CT molecular complexity index is 573. The highest BCUT2D eigenvalue weighted by molar-refractivity contribution is 9.10. The average Bonchev–Trinajstić information content (AvgIpc) is 2.54. The van der Waals surface area contributed by atoms with Gasteiger partial charge in [0.1, 0.15) is 5.75 Å². The normalized spacial score (nSPS) is 15.5. The minimum atomic E-state index is -0.819. The molecular formula is C17H23BrN2O4. The van der Waals surface area contributed by atoms with Gasteiger partial charge in [-0.25, -0.2) is 0 Å². The van der Waals surface area contributed by atoms with E-state index in [1.807, 2.05) is 41.1 Å². The summed E-state index contributed by atoms with van der Waals surface area (Å²) in [5.74, 6) is 0.0104. The number of carboxylic acid groups (broad SMARTS) is 1. The molecule has 0 atom stereocenters. The number of halogens is 1. The largest absolute Gasteiger partial charge is 0.493 e. The molecule has 1 aromatic carbocycles. The predicted octanol–water partition coefficient (Wildman–Crippen LogP) is 2.23. The molecule has 7 heteroatoms. The van der Waals surface area contributed by atoms with Crippen LogP contribution >= 0.6 is 15.9 Å². The van der Waals surface area contributed by atoms with Crippen LogP contribution in [0.4, 0.5) is 0 Å². The molecule has 0 bridgehead atoms. The Labute approximate surface area is 150 Å². The van der Waals surface area contributed by atoms with E-state index in [1.54, 1.807) is 0 Å². The summed E-state index contributed by atoms with van der Waals surface area (Å²) in [5.41, 5.74) is 0. The van der Waals surface area contributed by atoms with Gasteiger partial charge in [-0.3, -0.25) is 14.5 Å². The lowest BCUT2D eigenvalue weighted by Gasteiger charge is -2.36. The van der Waals surface area contributed by atoms with Crippen molar-refractivity contribution in [3.05, 3.63) is 28.7 Å². The fourth-order valence-electron chi connectivity index (χ4n) is 2.87. The summed E-state index contributed by atoms with van der Waals surface area (Å²) in [5, 5.41) is 8.84. The molecule has 1 amide bonds. The minimum Gasteiger partial charge on any atom is -0.493 e. The van der Waals surface area contributed by atoms with E-state index in [4.69, 9.17) is 9.84 Å². The number of carboxylic acids is 1. The van der Waals surface area contributed by atoms with Crippen LogP contribution in [0.1, 0.15) is 19.3 Å². The van der Waals surface area contributed by atoms with Crippen LogP contribution in [-0.2, 0) is 9.59 Å². The van der Waals surface area contributed by atoms with Gasteiger partial charge in [0.15, 0.2) is 0 Å². The van der Waals surface area contributed by atoms with E-state index >= 15 is 0 Å². The summed E-state index contributed by atoms with van der Waals surface area (Å²) < 4.78 is 6.54. The summed E-state index contributed by atoms with van der Waals surface area (Å²) >= 11 is 3.38. The molecule has 0 unspecified atom stereocenters. The van der Waals surface area contributed by atoms with Crippen molar-refractivity contribution in [3.63, 3.8) is 0 Å². The summed E-state index contributed by atoms with van der Waals surface area (Å²) in [4.78, 5) is 26.7. The van der Waals surface area contributed by atoms with Gasteiger partial charge in [-0.2, -0.15) is 0 Å². The standard InChI is InChI=1S/C17H23BrN2O4/c1-19(12-17(22)23)14-5-8-20(9-6-14)16(21)7-10-24-15-4-2-3-13(18)11-15/h2-4,11,14H,5-10,12H2,1H3,(H,22,23). The summed E-state index contributed by atoms with van der Waals surface area (Å²) in [6.07, 6.45) is 1.96. The third kappa shape index (κ3) is 5.79. The maximum Gasteiger partial charge on any atom is 0.317 e. The van der Waals surface area contributed by atoms with Crippen LogP contribution in [0.5, 0.6) is 5.75 Å². The van der Waals surface area contributed by atoms with Crippen molar-refractivity contribution in [3.8, 4) is 5.75 Å². The van der Waals surface area contributed by atoms with E-state index in [2.05, 4.69) is 15.9 Å². The molecule has 1 saturated heterocycles. The van der Waals surface area contributed by atoms with Gasteiger partial charge in [-0.1, -0.05) is 22.0 Å². The number of carbonyl (C=O) groups excluding carboxylic acids is 1. The molecule has 0 aromatic heterocycles. The molecule has 1 aliphatic rings. The zero-order chi connectivity index (χ0) is 17.5. The SMILES string of the molecule is CN(CC(=O)O)C1CCN(C(=O)CCOc2cccc(Br)c2)CC1. The van der Waals surface area contributed by atoms with Crippen molar-refractivity contribution in [2.45, 2.75) is 25.3 Å². The quantitative estimate of drug-likeness (QED) is 0.762. The van der Waals surface area contributed by atoms with Crippen molar-refractivity contribution < 1.29 is 19.4 Å². The molecule has 6 nitrogen and oxygen atoms in total. The van der Waals surface area contributed by atoms with Gasteiger partial charge < -0.3 is 14.7 Å². The third-order valence-corrected chi connectivity index (χ3v) is 4.70. The van der Waals surface area contributed by atoms with Crippen LogP contribution in [0.3, 0.4) is 0 Å². The topological polar surface area (TPSA) is 70.1 Å². The maximum absolute atomic E-state index is 12.2. The molecule has 132 valence electrons. The first-order valence-corrected chi connectivity index (χ1v) is 8.83. The van der Waals surface area contributed by atoms with Crippen molar-refractivity contribution in [1.29, 1.82) is 0 Å². The van der Waals surface area contributed by atoms with Gasteiger partial charge in [0.25, 0.3) is 0 Å². The lowest BCUT2D eigenvalue weighted by atomic mass is 10.0. The zero-order valence-corrected chi connectivity index (χ0v) is 15.4. The molecule has 0 radical (unpaired) electrons. The highest BCUT2D eigenvalue weighted by Crippen LogP contribution is 2.19. The van der Waals surface area contributed by atoms with Gasteiger partial charge in [-0.05, 0) is 38.1 Å². The second-order valence-corrected chi connectivity index (χ2v) is 6.89. The number of nitrogens with zero attached hydrogens (tertiary/aromatic N) is 2. The molecular weight excluding hydrogens is 376 g/mol. The van der Waals surface area contributed by atoms with Gasteiger partial charge in [0.05, 0.1) is 19.6 Å². The lowest BCUT2D eigenvalue weighted by Crippen LogP contribution is -2.46. The maximum atomic E-state index is 12.2. The van der Waals surface area contributed by atoms with Crippen LogP contribution in [0.2, 0.25) is 0 Å². The Kier molecular flexibility index (Phi) is 7.05. The van der Waals surface area contributed by atoms with Gasteiger partial charge >= 0.3 is 5.97 Å². The number of hydrogen-bond acceptors (Lipinski definition) is 4. The molecule has 1 fully saturated rings. The molecule has 0 spiro atoms. The van der Waals surface area contributed by atoms with Crippen LogP contribution in [0.25, 0.3) is 0 Å². The van der Waals surface area contributed by atoms with Crippen LogP contribution < -0.4 is 4.74 Å². The number of hydrogen-bond donors (Lipinski definition) is 1. The first-order chi connectivity index (χ1) is 11.5. The Morgan fingerprint density at radius 2 is 2.08 bits per heavy atom. The number of likely N-dealkylation sites (tertiary alicyclic amines) is 1. The first-order valence-electron chi connectivity index (χ1n) is 8.04. The number of rotatable bonds is 7. The lowest BCUT2D eigenvalue weighted by molar-refractivity contribution is -0.139. The molecule has 1 heterocycles. The smallest absolute Gasteiger partial charge is 0.317 e. The number of likely N-dealkylation sites (N-methyl/N-ethyl adjacent to an activating group) is 1. The van der Waals surface area contributed by atoms with Crippen LogP contribution in [0, 0.1) is 0 Å². The number of carbonyl (C=O) groups is 2. The molecule has 1 aromatic rings. The molecule has 1 aliphatic heterocycles. The van der Waals surface area contributed by atoms with Gasteiger partial charge in [-0.15, -0.1) is 0 Å². The molecule has 2 rings (SSSR count). The van der Waals surface area contributed by atoms with E-state index in [-0.39, 0.29) is 18.5 Å². The van der Waals surface area contributed by atoms with E-state index in [0.29, 0.717) is 26.1 Å². The summed E-state index contributed by atoms with van der Waals surface area (Å²) in [6.45, 7) is 1.74. The second-order valence-electron chi connectivity index (χ2n) is 5.98. The molecule has 1 N–H and O–H groups in total. The molecule has 0 aliphatic carbocycles. The zero-order valence-electron chi connectivity index (χ0n) is 13.8. The second kappa shape index (κ2) is 9.03. The van der Waals surface area contributed by atoms with E-state index < -0.39 is 5.97 Å². The number of benzene rings is 1. The van der Waals surface area contributed by atoms with E-state index in [0.717, 1.165) is 23.1 Å². The Balaban J connectivity index is 1.70. The molecule has 24 heavy (non-hydrogen) atoms. The third-order valence-electron chi connectivity index (χ3n) is 4.21. The van der Waals surface area contributed by atoms with E-state index in [1.165, 1.54) is 0 Å². The van der Waals surface area contributed by atoms with E-state index in [9.17, 15) is 9.59 Å². The monoisotopic (exact) mass is 398 g/mol. The Hall–Kier alpha value is -1.60. The first kappa shape index (κ1) is 18.7. The Morgan fingerprint density at radius 3 is 2.71 bits per heavy atom. The minimum absolute atomic E-state index is 0.0408. The average molecular weight is 399 g/mol. The van der Waals surface area contributed by atoms with Crippen LogP contribution in [-0.4, -0.2) is 66.1 Å². The van der Waals surface area contributed by atoms with Gasteiger partial charge in [0.2, 0.25) is 5.91 Å². The molecule has 0 saturated carbocycles. The highest BCUT2D eigenvalue weighted by Gasteiger charge is 2.25. The predicted molar refractivity (Wildman–Crippen MR) is 94.1 cm³/mol. The number of aliphatic carboxylic acids is 1.